The third kappa shape index (κ3) is 1.75. The van der Waals surface area contributed by atoms with Gasteiger partial charge in [-0.15, -0.1) is 0 Å². The Morgan fingerprint density at radius 3 is 2.27 bits per heavy atom. The van der Waals surface area contributed by atoms with E-state index in [4.69, 9.17) is 4.74 Å². The molecule has 0 aromatic heterocycles. The van der Waals surface area contributed by atoms with Crippen molar-refractivity contribution >= 4 is 15.9 Å². The molecular weight excluding hydrogens is 212 g/mol. The van der Waals surface area contributed by atoms with Gasteiger partial charge in [0.2, 0.25) is 0 Å². The highest BCUT2D eigenvalue weighted by molar-refractivity contribution is 9.09. The molecule has 5 atom stereocenters. The van der Waals surface area contributed by atoms with Gasteiger partial charge < -0.3 is 14.9 Å². The van der Waals surface area contributed by atoms with Crippen LogP contribution in [0.25, 0.3) is 0 Å². The Bertz CT molecular complexity index is 128. The summed E-state index contributed by atoms with van der Waals surface area (Å²) >= 11 is 3.27. The standard InChI is InChI=1S/C7H13BrO3/c1-3-5(9)6(10)4(2)11-7(3)8/h3-7,9-10H,1-2H3/t3?,4-,5-,6-,7?/m0/s1. The van der Waals surface area contributed by atoms with Gasteiger partial charge in [0.05, 0.1) is 12.2 Å². The molecule has 1 saturated heterocycles. The van der Waals surface area contributed by atoms with E-state index in [1.807, 2.05) is 6.92 Å². The predicted molar refractivity (Wildman–Crippen MR) is 44.4 cm³/mol. The van der Waals surface area contributed by atoms with E-state index in [-0.39, 0.29) is 17.0 Å². The number of rotatable bonds is 0. The van der Waals surface area contributed by atoms with E-state index in [9.17, 15) is 10.2 Å². The second-order valence-electron chi connectivity index (χ2n) is 3.03. The van der Waals surface area contributed by atoms with Gasteiger partial charge in [0.15, 0.2) is 0 Å². The molecule has 1 aliphatic heterocycles. The SMILES string of the molecule is CC1C(Br)O[C@@H](C)[C@H](O)[C@H]1O. The molecule has 0 radical (unpaired) electrons. The second-order valence-corrected chi connectivity index (χ2v) is 3.94. The Hall–Kier alpha value is 0.360. The van der Waals surface area contributed by atoms with Crippen molar-refractivity contribution in [3.8, 4) is 0 Å². The molecule has 0 aromatic rings. The summed E-state index contributed by atoms with van der Waals surface area (Å²) in [7, 11) is 0. The first-order valence-corrected chi connectivity index (χ1v) is 4.61. The van der Waals surface area contributed by atoms with Crippen LogP contribution in [-0.2, 0) is 4.74 Å². The Kier molecular flexibility index (Phi) is 2.91. The molecule has 3 nitrogen and oxygen atoms in total. The highest BCUT2D eigenvalue weighted by atomic mass is 79.9. The Balaban J connectivity index is 2.63. The van der Waals surface area contributed by atoms with Gasteiger partial charge in [-0.2, -0.15) is 0 Å². The van der Waals surface area contributed by atoms with Crippen LogP contribution in [0.1, 0.15) is 13.8 Å². The quantitative estimate of drug-likeness (QED) is 0.589. The van der Waals surface area contributed by atoms with Crippen LogP contribution in [0, 0.1) is 5.92 Å². The Morgan fingerprint density at radius 1 is 1.18 bits per heavy atom. The van der Waals surface area contributed by atoms with Gasteiger partial charge in [0, 0.05) is 5.92 Å². The average Bonchev–Trinajstić information content (AvgIpc) is 1.97. The van der Waals surface area contributed by atoms with Crippen LogP contribution in [0.3, 0.4) is 0 Å². The lowest BCUT2D eigenvalue weighted by Gasteiger charge is -2.37. The van der Waals surface area contributed by atoms with Crippen LogP contribution >= 0.6 is 15.9 Å². The molecule has 0 spiro atoms. The maximum Gasteiger partial charge on any atom is 0.118 e. The van der Waals surface area contributed by atoms with E-state index in [1.165, 1.54) is 0 Å². The number of aliphatic hydroxyl groups is 2. The van der Waals surface area contributed by atoms with Crippen molar-refractivity contribution in [1.29, 1.82) is 0 Å². The van der Waals surface area contributed by atoms with Crippen LogP contribution in [0.5, 0.6) is 0 Å². The molecule has 0 bridgehead atoms. The van der Waals surface area contributed by atoms with Crippen LogP contribution in [0.15, 0.2) is 0 Å². The summed E-state index contributed by atoms with van der Waals surface area (Å²) in [4.78, 5) is 0. The first kappa shape index (κ1) is 9.45. The van der Waals surface area contributed by atoms with Crippen molar-refractivity contribution < 1.29 is 14.9 Å². The molecule has 0 aromatic carbocycles. The Morgan fingerprint density at radius 2 is 1.73 bits per heavy atom. The van der Waals surface area contributed by atoms with Gasteiger partial charge in [-0.05, 0) is 6.92 Å². The third-order valence-electron chi connectivity index (χ3n) is 2.13. The maximum absolute atomic E-state index is 9.43. The van der Waals surface area contributed by atoms with Crippen molar-refractivity contribution in [3.63, 3.8) is 0 Å². The number of halogens is 1. The molecule has 0 saturated carbocycles. The first-order chi connectivity index (χ1) is 5.04. The zero-order chi connectivity index (χ0) is 8.59. The molecule has 1 rings (SSSR count). The summed E-state index contributed by atoms with van der Waals surface area (Å²) in [6, 6.07) is 0. The molecule has 4 heteroatoms. The molecule has 0 aliphatic carbocycles. The normalized spacial score (nSPS) is 52.6. The predicted octanol–water partition coefficient (Wildman–Crippen LogP) is 0.484. The van der Waals surface area contributed by atoms with Crippen LogP contribution in [0.4, 0.5) is 0 Å². The number of alkyl halides is 1. The zero-order valence-corrected chi connectivity index (χ0v) is 8.15. The molecular formula is C7H13BrO3. The number of hydrogen-bond acceptors (Lipinski definition) is 3. The van der Waals surface area contributed by atoms with Gasteiger partial charge >= 0.3 is 0 Å². The fraction of sp³-hybridized carbons (Fsp3) is 1.00. The fourth-order valence-electron chi connectivity index (χ4n) is 1.15. The monoisotopic (exact) mass is 224 g/mol. The van der Waals surface area contributed by atoms with E-state index in [0.717, 1.165) is 0 Å². The van der Waals surface area contributed by atoms with Crippen LogP contribution in [0.2, 0.25) is 0 Å². The molecule has 11 heavy (non-hydrogen) atoms. The van der Waals surface area contributed by atoms with Crippen molar-refractivity contribution in [3.05, 3.63) is 0 Å². The molecule has 1 heterocycles. The van der Waals surface area contributed by atoms with E-state index in [2.05, 4.69) is 15.9 Å². The topological polar surface area (TPSA) is 49.7 Å². The van der Waals surface area contributed by atoms with Gasteiger partial charge in [-0.25, -0.2) is 0 Å². The molecule has 1 aliphatic rings. The summed E-state index contributed by atoms with van der Waals surface area (Å²) in [5.41, 5.74) is 0. The van der Waals surface area contributed by atoms with Gasteiger partial charge in [-0.1, -0.05) is 22.9 Å². The van der Waals surface area contributed by atoms with Crippen LogP contribution in [-0.4, -0.2) is 33.5 Å². The second kappa shape index (κ2) is 3.39. The minimum atomic E-state index is -0.765. The molecule has 2 unspecified atom stereocenters. The van der Waals surface area contributed by atoms with Crippen molar-refractivity contribution in [2.75, 3.05) is 0 Å². The van der Waals surface area contributed by atoms with Crippen LogP contribution < -0.4 is 0 Å². The number of ether oxygens (including phenoxy) is 1. The minimum absolute atomic E-state index is 0.0683. The number of aliphatic hydroxyl groups excluding tert-OH is 2. The lowest BCUT2D eigenvalue weighted by molar-refractivity contribution is -0.162. The van der Waals surface area contributed by atoms with Crippen molar-refractivity contribution in [1.82, 2.24) is 0 Å². The average molecular weight is 225 g/mol. The summed E-state index contributed by atoms with van der Waals surface area (Å²) in [6.45, 7) is 3.58. The van der Waals surface area contributed by atoms with Gasteiger partial charge in [0.1, 0.15) is 11.1 Å². The minimum Gasteiger partial charge on any atom is -0.390 e. The van der Waals surface area contributed by atoms with Crippen molar-refractivity contribution in [2.45, 2.75) is 37.2 Å². The maximum atomic E-state index is 9.43. The summed E-state index contributed by atoms with van der Waals surface area (Å²) in [5.74, 6) is -0.0683. The van der Waals surface area contributed by atoms with E-state index in [0.29, 0.717) is 0 Å². The van der Waals surface area contributed by atoms with E-state index in [1.54, 1.807) is 6.92 Å². The van der Waals surface area contributed by atoms with E-state index < -0.39 is 12.2 Å². The van der Waals surface area contributed by atoms with Crippen molar-refractivity contribution in [2.24, 2.45) is 5.92 Å². The van der Waals surface area contributed by atoms with Gasteiger partial charge in [0.25, 0.3) is 0 Å². The highest BCUT2D eigenvalue weighted by Crippen LogP contribution is 2.28. The zero-order valence-electron chi connectivity index (χ0n) is 6.57. The highest BCUT2D eigenvalue weighted by Gasteiger charge is 2.38. The lowest BCUT2D eigenvalue weighted by Crippen LogP contribution is -2.50. The molecule has 0 amide bonds. The lowest BCUT2D eigenvalue weighted by atomic mass is 9.95. The smallest absolute Gasteiger partial charge is 0.118 e. The van der Waals surface area contributed by atoms with Gasteiger partial charge in [-0.3, -0.25) is 0 Å². The third-order valence-corrected chi connectivity index (χ3v) is 3.18. The molecule has 66 valence electrons. The summed E-state index contributed by atoms with van der Waals surface area (Å²) < 4.78 is 5.29. The first-order valence-electron chi connectivity index (χ1n) is 3.69. The molecule has 2 N–H and O–H groups in total. The Labute approximate surface area is 74.5 Å². The summed E-state index contributed by atoms with van der Waals surface area (Å²) in [5, 5.41) is 18.6. The van der Waals surface area contributed by atoms with E-state index >= 15 is 0 Å². The number of hydrogen-bond donors (Lipinski definition) is 2. The largest absolute Gasteiger partial charge is 0.390 e. The summed E-state index contributed by atoms with van der Waals surface area (Å²) in [6.07, 6.45) is -1.76. The molecule has 1 fully saturated rings. The fourth-order valence-corrected chi connectivity index (χ4v) is 1.81.